The molecule has 1 amide bonds. The minimum absolute atomic E-state index is 0.00376. The maximum atomic E-state index is 11.8. The van der Waals surface area contributed by atoms with Crippen molar-refractivity contribution in [3.8, 4) is 0 Å². The van der Waals surface area contributed by atoms with Gasteiger partial charge in [-0.15, -0.1) is 0 Å². The number of benzene rings is 1. The van der Waals surface area contributed by atoms with E-state index in [2.05, 4.69) is 35.1 Å². The molecule has 0 unspecified atom stereocenters. The summed E-state index contributed by atoms with van der Waals surface area (Å²) in [6.07, 6.45) is 0. The van der Waals surface area contributed by atoms with Gasteiger partial charge in [0.05, 0.1) is 26.2 Å². The van der Waals surface area contributed by atoms with Crippen LogP contribution in [0.5, 0.6) is 0 Å². The minimum atomic E-state index is 0.00376. The second-order valence-corrected chi connectivity index (χ2v) is 4.89. The van der Waals surface area contributed by atoms with Crippen LogP contribution in [0.4, 0.5) is 0 Å². The fraction of sp³-hybridized carbons (Fsp3) is 0.462. The fourth-order valence-corrected chi connectivity index (χ4v) is 1.92. The van der Waals surface area contributed by atoms with Gasteiger partial charge >= 0.3 is 0 Å². The normalized spacial score (nSPS) is 10.6. The standard InChI is InChI=1S/C13H19BrN2O/c1-3-16(4-2)10-9-15-13(17)11-5-7-12(14)8-6-11/h5-8H,3-4,9-10H2,1-2H3,(H,15,17)/p+1. The molecule has 1 aromatic carbocycles. The maximum absolute atomic E-state index is 11.8. The smallest absolute Gasteiger partial charge is 0.251 e. The first-order valence-corrected chi connectivity index (χ1v) is 6.84. The Kier molecular flexibility index (Phi) is 6.22. The van der Waals surface area contributed by atoms with Crippen molar-refractivity contribution in [1.82, 2.24) is 5.32 Å². The molecule has 0 fully saturated rings. The molecule has 0 aliphatic rings. The molecule has 1 aromatic rings. The summed E-state index contributed by atoms with van der Waals surface area (Å²) in [7, 11) is 0. The van der Waals surface area contributed by atoms with E-state index in [1.807, 2.05) is 24.3 Å². The van der Waals surface area contributed by atoms with Gasteiger partial charge in [0, 0.05) is 10.0 Å². The number of carbonyl (C=O) groups is 1. The van der Waals surface area contributed by atoms with E-state index in [1.165, 1.54) is 4.90 Å². The Morgan fingerprint density at radius 1 is 1.24 bits per heavy atom. The van der Waals surface area contributed by atoms with E-state index in [0.29, 0.717) is 5.56 Å². The summed E-state index contributed by atoms with van der Waals surface area (Å²) in [6.45, 7) is 8.24. The van der Waals surface area contributed by atoms with E-state index in [-0.39, 0.29) is 5.91 Å². The zero-order chi connectivity index (χ0) is 12.7. The molecule has 0 heterocycles. The van der Waals surface area contributed by atoms with Gasteiger partial charge in [0.1, 0.15) is 0 Å². The van der Waals surface area contributed by atoms with Gasteiger partial charge in [0.2, 0.25) is 0 Å². The Bertz CT molecular complexity index is 347. The third-order valence-corrected chi connectivity index (χ3v) is 3.40. The predicted octanol–water partition coefficient (Wildman–Crippen LogP) is 1.10. The average molecular weight is 300 g/mol. The first-order valence-electron chi connectivity index (χ1n) is 6.04. The summed E-state index contributed by atoms with van der Waals surface area (Å²) in [5.41, 5.74) is 0.711. The molecule has 0 aliphatic carbocycles. The van der Waals surface area contributed by atoms with Gasteiger partial charge in [-0.3, -0.25) is 4.79 Å². The van der Waals surface area contributed by atoms with E-state index in [0.717, 1.165) is 30.7 Å². The van der Waals surface area contributed by atoms with Crippen LogP contribution < -0.4 is 10.2 Å². The van der Waals surface area contributed by atoms with E-state index in [9.17, 15) is 4.79 Å². The number of halogens is 1. The van der Waals surface area contributed by atoms with Crippen molar-refractivity contribution in [1.29, 1.82) is 0 Å². The number of amides is 1. The van der Waals surface area contributed by atoms with Crippen molar-refractivity contribution in [3.05, 3.63) is 34.3 Å². The van der Waals surface area contributed by atoms with Crippen molar-refractivity contribution in [2.75, 3.05) is 26.2 Å². The van der Waals surface area contributed by atoms with Gasteiger partial charge in [-0.05, 0) is 38.1 Å². The fourth-order valence-electron chi connectivity index (χ4n) is 1.66. The van der Waals surface area contributed by atoms with Crippen molar-refractivity contribution in [2.24, 2.45) is 0 Å². The van der Waals surface area contributed by atoms with Crippen LogP contribution in [0.15, 0.2) is 28.7 Å². The molecule has 0 aliphatic heterocycles. The summed E-state index contributed by atoms with van der Waals surface area (Å²) >= 11 is 3.35. The highest BCUT2D eigenvalue weighted by Gasteiger charge is 2.06. The molecule has 4 heteroatoms. The SMILES string of the molecule is CC[NH+](CC)CCNC(=O)c1ccc(Br)cc1. The lowest BCUT2D eigenvalue weighted by Gasteiger charge is -2.15. The number of likely N-dealkylation sites (N-methyl/N-ethyl adjacent to an activating group) is 1. The first kappa shape index (κ1) is 14.2. The van der Waals surface area contributed by atoms with E-state index < -0.39 is 0 Å². The Labute approximate surface area is 111 Å². The number of hydrogen-bond donors (Lipinski definition) is 2. The highest BCUT2D eigenvalue weighted by atomic mass is 79.9. The van der Waals surface area contributed by atoms with Crippen LogP contribution in [-0.2, 0) is 0 Å². The summed E-state index contributed by atoms with van der Waals surface area (Å²) in [4.78, 5) is 13.3. The monoisotopic (exact) mass is 299 g/mol. The zero-order valence-corrected chi connectivity index (χ0v) is 12.0. The van der Waals surface area contributed by atoms with Crippen LogP contribution in [0.25, 0.3) is 0 Å². The molecule has 0 radical (unpaired) electrons. The van der Waals surface area contributed by atoms with Crippen LogP contribution in [0.2, 0.25) is 0 Å². The Balaban J connectivity index is 2.37. The number of rotatable bonds is 6. The molecule has 3 nitrogen and oxygen atoms in total. The van der Waals surface area contributed by atoms with Crippen LogP contribution in [-0.4, -0.2) is 32.1 Å². The Morgan fingerprint density at radius 3 is 2.35 bits per heavy atom. The van der Waals surface area contributed by atoms with Gasteiger partial charge < -0.3 is 10.2 Å². The lowest BCUT2D eigenvalue weighted by molar-refractivity contribution is -0.895. The van der Waals surface area contributed by atoms with Crippen molar-refractivity contribution < 1.29 is 9.69 Å². The van der Waals surface area contributed by atoms with Crippen LogP contribution in [0.1, 0.15) is 24.2 Å². The predicted molar refractivity (Wildman–Crippen MR) is 73.4 cm³/mol. The average Bonchev–Trinajstić information content (AvgIpc) is 2.35. The molecule has 0 spiro atoms. The van der Waals surface area contributed by atoms with Crippen molar-refractivity contribution in [2.45, 2.75) is 13.8 Å². The Morgan fingerprint density at radius 2 is 1.82 bits per heavy atom. The summed E-state index contributed by atoms with van der Waals surface area (Å²) in [5.74, 6) is 0.00376. The second-order valence-electron chi connectivity index (χ2n) is 3.97. The first-order chi connectivity index (χ1) is 8.17. The highest BCUT2D eigenvalue weighted by Crippen LogP contribution is 2.10. The second kappa shape index (κ2) is 7.45. The number of quaternary nitrogens is 1. The van der Waals surface area contributed by atoms with Gasteiger partial charge in [-0.1, -0.05) is 15.9 Å². The van der Waals surface area contributed by atoms with Gasteiger partial charge in [0.25, 0.3) is 5.91 Å². The summed E-state index contributed by atoms with van der Waals surface area (Å²) < 4.78 is 0.988. The zero-order valence-electron chi connectivity index (χ0n) is 10.4. The Hall–Kier alpha value is -0.870. The van der Waals surface area contributed by atoms with Crippen molar-refractivity contribution >= 4 is 21.8 Å². The number of hydrogen-bond acceptors (Lipinski definition) is 1. The third kappa shape index (κ3) is 4.88. The van der Waals surface area contributed by atoms with E-state index >= 15 is 0 Å². The summed E-state index contributed by atoms with van der Waals surface area (Å²) in [5, 5.41) is 2.94. The third-order valence-electron chi connectivity index (χ3n) is 2.87. The van der Waals surface area contributed by atoms with Gasteiger partial charge in [-0.25, -0.2) is 0 Å². The maximum Gasteiger partial charge on any atom is 0.251 e. The largest absolute Gasteiger partial charge is 0.346 e. The van der Waals surface area contributed by atoms with Crippen LogP contribution >= 0.6 is 15.9 Å². The topological polar surface area (TPSA) is 33.5 Å². The molecule has 0 bridgehead atoms. The molecule has 17 heavy (non-hydrogen) atoms. The number of nitrogens with one attached hydrogen (secondary N) is 2. The van der Waals surface area contributed by atoms with Gasteiger partial charge in [-0.2, -0.15) is 0 Å². The molecule has 94 valence electrons. The molecular weight excluding hydrogens is 280 g/mol. The molecule has 0 aromatic heterocycles. The molecule has 0 saturated carbocycles. The molecular formula is C13H20BrN2O+. The molecule has 0 saturated heterocycles. The lowest BCUT2D eigenvalue weighted by atomic mass is 10.2. The van der Waals surface area contributed by atoms with Gasteiger partial charge in [0.15, 0.2) is 0 Å². The van der Waals surface area contributed by atoms with Crippen molar-refractivity contribution in [3.63, 3.8) is 0 Å². The molecule has 0 atom stereocenters. The quantitative estimate of drug-likeness (QED) is 0.810. The lowest BCUT2D eigenvalue weighted by Crippen LogP contribution is -3.12. The highest BCUT2D eigenvalue weighted by molar-refractivity contribution is 9.10. The van der Waals surface area contributed by atoms with E-state index in [1.54, 1.807) is 0 Å². The van der Waals surface area contributed by atoms with E-state index in [4.69, 9.17) is 0 Å². The minimum Gasteiger partial charge on any atom is -0.346 e. The van der Waals surface area contributed by atoms with Crippen LogP contribution in [0.3, 0.4) is 0 Å². The molecule has 1 rings (SSSR count). The summed E-state index contributed by atoms with van der Waals surface area (Å²) in [6, 6.07) is 7.41. The number of carbonyl (C=O) groups excluding carboxylic acids is 1. The molecule has 2 N–H and O–H groups in total. The van der Waals surface area contributed by atoms with Crippen LogP contribution in [0, 0.1) is 0 Å².